The third-order valence-corrected chi connectivity index (χ3v) is 3.75. The summed E-state index contributed by atoms with van der Waals surface area (Å²) in [4.78, 5) is 2.39. The summed E-state index contributed by atoms with van der Waals surface area (Å²) in [6, 6.07) is 8.85. The Bertz CT molecular complexity index is 355. The third-order valence-electron chi connectivity index (χ3n) is 3.75. The second-order valence-electron chi connectivity index (χ2n) is 4.80. The molecule has 0 saturated carbocycles. The van der Waals surface area contributed by atoms with E-state index in [-0.39, 0.29) is 12.1 Å². The van der Waals surface area contributed by atoms with Crippen LogP contribution in [0, 0.1) is 0 Å². The molecular formula is C13H18N2O. The van der Waals surface area contributed by atoms with E-state index in [1.54, 1.807) is 0 Å². The van der Waals surface area contributed by atoms with Crippen molar-refractivity contribution < 1.29 is 5.11 Å². The molecule has 2 N–H and O–H groups in total. The predicted molar refractivity (Wildman–Crippen MR) is 63.0 cm³/mol. The lowest BCUT2D eigenvalue weighted by Gasteiger charge is -2.35. The normalized spacial score (nSPS) is 30.3. The first kappa shape index (κ1) is 10.3. The molecule has 2 atom stereocenters. The molecule has 0 spiro atoms. The third kappa shape index (κ3) is 1.75. The summed E-state index contributed by atoms with van der Waals surface area (Å²) in [6.07, 6.45) is 0.702. The first-order valence-corrected chi connectivity index (χ1v) is 6.04. The molecule has 0 unspecified atom stereocenters. The number of hydrogen-bond acceptors (Lipinski definition) is 3. The van der Waals surface area contributed by atoms with Gasteiger partial charge in [0, 0.05) is 25.7 Å². The van der Waals surface area contributed by atoms with E-state index >= 15 is 0 Å². The number of aliphatic hydroxyl groups is 1. The summed E-state index contributed by atoms with van der Waals surface area (Å²) in [7, 11) is 0. The first-order chi connectivity index (χ1) is 7.84. The van der Waals surface area contributed by atoms with Crippen LogP contribution in [0.1, 0.15) is 17.5 Å². The molecule has 1 aromatic rings. The summed E-state index contributed by atoms with van der Waals surface area (Å²) in [5.41, 5.74) is 2.83. The van der Waals surface area contributed by atoms with Crippen LogP contribution in [0.15, 0.2) is 24.3 Å². The Morgan fingerprint density at radius 1 is 1.19 bits per heavy atom. The SMILES string of the molecule is O[C@H]1CCNC[C@@H]1N1Cc2ccccc2C1. The van der Waals surface area contributed by atoms with Gasteiger partial charge in [-0.3, -0.25) is 4.90 Å². The highest BCUT2D eigenvalue weighted by atomic mass is 16.3. The van der Waals surface area contributed by atoms with Gasteiger partial charge in [0.2, 0.25) is 0 Å². The highest BCUT2D eigenvalue weighted by Crippen LogP contribution is 2.26. The average molecular weight is 218 g/mol. The highest BCUT2D eigenvalue weighted by Gasteiger charge is 2.31. The van der Waals surface area contributed by atoms with Crippen molar-refractivity contribution in [2.45, 2.75) is 31.7 Å². The van der Waals surface area contributed by atoms with E-state index in [2.05, 4.69) is 34.5 Å². The van der Waals surface area contributed by atoms with Gasteiger partial charge in [-0.05, 0) is 24.1 Å². The van der Waals surface area contributed by atoms with Crippen molar-refractivity contribution in [3.8, 4) is 0 Å². The topological polar surface area (TPSA) is 35.5 Å². The van der Waals surface area contributed by atoms with Crippen LogP contribution >= 0.6 is 0 Å². The molecule has 1 aromatic carbocycles. The monoisotopic (exact) mass is 218 g/mol. The zero-order valence-corrected chi connectivity index (χ0v) is 9.39. The summed E-state index contributed by atoms with van der Waals surface area (Å²) in [5.74, 6) is 0. The number of hydrogen-bond donors (Lipinski definition) is 2. The quantitative estimate of drug-likeness (QED) is 0.729. The van der Waals surface area contributed by atoms with Gasteiger partial charge in [-0.15, -0.1) is 0 Å². The Balaban J connectivity index is 1.75. The standard InChI is InChI=1S/C13H18N2O/c16-13-5-6-14-7-12(13)15-8-10-3-1-2-4-11(10)9-15/h1-4,12-14,16H,5-9H2/t12-,13-/m0/s1. The molecule has 3 rings (SSSR count). The second-order valence-corrected chi connectivity index (χ2v) is 4.80. The summed E-state index contributed by atoms with van der Waals surface area (Å²) in [5, 5.41) is 13.4. The van der Waals surface area contributed by atoms with Gasteiger partial charge in [0.15, 0.2) is 0 Å². The molecule has 3 nitrogen and oxygen atoms in total. The van der Waals surface area contributed by atoms with Crippen LogP contribution in [0.25, 0.3) is 0 Å². The van der Waals surface area contributed by atoms with Gasteiger partial charge in [-0.2, -0.15) is 0 Å². The molecule has 2 aliphatic rings. The fourth-order valence-corrected chi connectivity index (χ4v) is 2.79. The van der Waals surface area contributed by atoms with E-state index in [1.165, 1.54) is 11.1 Å². The van der Waals surface area contributed by atoms with Crippen molar-refractivity contribution in [2.24, 2.45) is 0 Å². The maximum Gasteiger partial charge on any atom is 0.0720 e. The Kier molecular flexibility index (Phi) is 2.67. The molecule has 2 aliphatic heterocycles. The van der Waals surface area contributed by atoms with Gasteiger partial charge in [0.1, 0.15) is 0 Å². The van der Waals surface area contributed by atoms with Crippen molar-refractivity contribution in [1.82, 2.24) is 10.2 Å². The Labute approximate surface area is 96.1 Å². The van der Waals surface area contributed by atoms with Crippen LogP contribution in [0.5, 0.6) is 0 Å². The minimum Gasteiger partial charge on any atom is -0.391 e. The van der Waals surface area contributed by atoms with Crippen molar-refractivity contribution in [1.29, 1.82) is 0 Å². The average Bonchev–Trinajstić information content (AvgIpc) is 2.73. The predicted octanol–water partition coefficient (Wildman–Crippen LogP) is 0.725. The van der Waals surface area contributed by atoms with E-state index in [0.717, 1.165) is 32.6 Å². The first-order valence-electron chi connectivity index (χ1n) is 6.04. The second kappa shape index (κ2) is 4.17. The summed E-state index contributed by atoms with van der Waals surface area (Å²) in [6.45, 7) is 3.83. The largest absolute Gasteiger partial charge is 0.391 e. The van der Waals surface area contributed by atoms with E-state index in [9.17, 15) is 5.11 Å². The van der Waals surface area contributed by atoms with E-state index < -0.39 is 0 Å². The number of nitrogens with zero attached hydrogens (tertiary/aromatic N) is 1. The van der Waals surface area contributed by atoms with Gasteiger partial charge in [0.05, 0.1) is 6.10 Å². The molecule has 0 radical (unpaired) electrons. The van der Waals surface area contributed by atoms with Gasteiger partial charge < -0.3 is 10.4 Å². The smallest absolute Gasteiger partial charge is 0.0720 e. The van der Waals surface area contributed by atoms with Crippen molar-refractivity contribution in [2.75, 3.05) is 13.1 Å². The molecule has 0 bridgehead atoms. The van der Waals surface area contributed by atoms with E-state index in [4.69, 9.17) is 0 Å². The van der Waals surface area contributed by atoms with Gasteiger partial charge in [-0.25, -0.2) is 0 Å². The number of rotatable bonds is 1. The van der Waals surface area contributed by atoms with Crippen LogP contribution in [0.3, 0.4) is 0 Å². The van der Waals surface area contributed by atoms with Crippen LogP contribution in [-0.2, 0) is 13.1 Å². The van der Waals surface area contributed by atoms with Crippen molar-refractivity contribution >= 4 is 0 Å². The van der Waals surface area contributed by atoms with Gasteiger partial charge >= 0.3 is 0 Å². The fraction of sp³-hybridized carbons (Fsp3) is 0.538. The van der Waals surface area contributed by atoms with Crippen LogP contribution in [-0.4, -0.2) is 35.2 Å². The van der Waals surface area contributed by atoms with E-state index in [0.29, 0.717) is 0 Å². The molecule has 1 saturated heterocycles. The maximum absolute atomic E-state index is 10.0. The minimum atomic E-state index is -0.171. The summed E-state index contributed by atoms with van der Waals surface area (Å²) < 4.78 is 0. The number of piperidine rings is 1. The van der Waals surface area contributed by atoms with Crippen molar-refractivity contribution in [3.05, 3.63) is 35.4 Å². The Morgan fingerprint density at radius 2 is 1.88 bits per heavy atom. The van der Waals surface area contributed by atoms with Crippen LogP contribution in [0.4, 0.5) is 0 Å². The maximum atomic E-state index is 10.0. The highest BCUT2D eigenvalue weighted by molar-refractivity contribution is 5.30. The molecule has 2 heterocycles. The minimum absolute atomic E-state index is 0.171. The zero-order chi connectivity index (χ0) is 11.0. The molecule has 0 amide bonds. The molecule has 3 heteroatoms. The number of fused-ring (bicyclic) bond motifs is 1. The van der Waals surface area contributed by atoms with E-state index in [1.807, 2.05) is 0 Å². The van der Waals surface area contributed by atoms with Crippen LogP contribution < -0.4 is 5.32 Å². The number of nitrogens with one attached hydrogen (secondary N) is 1. The Hall–Kier alpha value is -0.900. The molecule has 0 aromatic heterocycles. The molecule has 1 fully saturated rings. The Morgan fingerprint density at radius 3 is 2.50 bits per heavy atom. The van der Waals surface area contributed by atoms with Gasteiger partial charge in [-0.1, -0.05) is 24.3 Å². The molecule has 86 valence electrons. The molecule has 0 aliphatic carbocycles. The summed E-state index contributed by atoms with van der Waals surface area (Å²) >= 11 is 0. The van der Waals surface area contributed by atoms with Gasteiger partial charge in [0.25, 0.3) is 0 Å². The van der Waals surface area contributed by atoms with Crippen molar-refractivity contribution in [3.63, 3.8) is 0 Å². The number of aliphatic hydroxyl groups excluding tert-OH is 1. The fourth-order valence-electron chi connectivity index (χ4n) is 2.79. The lowest BCUT2D eigenvalue weighted by molar-refractivity contribution is 0.0261. The zero-order valence-electron chi connectivity index (χ0n) is 9.39. The molecule has 16 heavy (non-hydrogen) atoms. The molecular weight excluding hydrogens is 200 g/mol. The van der Waals surface area contributed by atoms with Crippen LogP contribution in [0.2, 0.25) is 0 Å². The lowest BCUT2D eigenvalue weighted by Crippen LogP contribution is -2.52. The lowest BCUT2D eigenvalue weighted by atomic mass is 10.0. The number of benzene rings is 1.